The SMILES string of the molecule is O=C(CC1CCS(=O)(=O)C1)Nc1cccc(NC(=O)c2cccs2)c1. The average Bonchev–Trinajstić information content (AvgIpc) is 3.17. The monoisotopic (exact) mass is 378 g/mol. The van der Waals surface area contributed by atoms with E-state index in [0.717, 1.165) is 0 Å². The van der Waals surface area contributed by atoms with Crippen LogP contribution in [0.5, 0.6) is 0 Å². The molecule has 2 N–H and O–H groups in total. The second kappa shape index (κ2) is 7.37. The van der Waals surface area contributed by atoms with Crippen molar-refractivity contribution in [2.75, 3.05) is 22.1 Å². The van der Waals surface area contributed by atoms with E-state index >= 15 is 0 Å². The summed E-state index contributed by atoms with van der Waals surface area (Å²) in [4.78, 5) is 24.8. The molecule has 1 fully saturated rings. The highest BCUT2D eigenvalue weighted by Crippen LogP contribution is 2.23. The van der Waals surface area contributed by atoms with Gasteiger partial charge in [-0.1, -0.05) is 12.1 Å². The van der Waals surface area contributed by atoms with Crippen LogP contribution < -0.4 is 10.6 Å². The van der Waals surface area contributed by atoms with Gasteiger partial charge in [-0.15, -0.1) is 11.3 Å². The number of nitrogens with one attached hydrogen (secondary N) is 2. The van der Waals surface area contributed by atoms with Gasteiger partial charge in [-0.2, -0.15) is 0 Å². The fourth-order valence-electron chi connectivity index (χ4n) is 2.78. The molecule has 3 rings (SSSR count). The molecule has 2 heterocycles. The predicted molar refractivity (Wildman–Crippen MR) is 98.7 cm³/mol. The van der Waals surface area contributed by atoms with Gasteiger partial charge in [-0.25, -0.2) is 8.42 Å². The van der Waals surface area contributed by atoms with Crippen molar-refractivity contribution in [1.29, 1.82) is 0 Å². The van der Waals surface area contributed by atoms with E-state index in [9.17, 15) is 18.0 Å². The summed E-state index contributed by atoms with van der Waals surface area (Å²) < 4.78 is 22.9. The largest absolute Gasteiger partial charge is 0.326 e. The zero-order valence-electron chi connectivity index (χ0n) is 13.4. The van der Waals surface area contributed by atoms with Crippen LogP contribution in [0.2, 0.25) is 0 Å². The Kier molecular flexibility index (Phi) is 5.19. The fraction of sp³-hybridized carbons (Fsp3) is 0.294. The maximum absolute atomic E-state index is 12.1. The molecule has 1 atom stereocenters. The van der Waals surface area contributed by atoms with E-state index in [0.29, 0.717) is 22.7 Å². The molecule has 1 aromatic carbocycles. The maximum atomic E-state index is 12.1. The summed E-state index contributed by atoms with van der Waals surface area (Å²) in [5, 5.41) is 7.37. The number of thiophene rings is 1. The number of hydrogen-bond donors (Lipinski definition) is 2. The lowest BCUT2D eigenvalue weighted by molar-refractivity contribution is -0.116. The van der Waals surface area contributed by atoms with E-state index in [2.05, 4.69) is 10.6 Å². The third-order valence-electron chi connectivity index (χ3n) is 3.95. The molecule has 2 amide bonds. The lowest BCUT2D eigenvalue weighted by atomic mass is 10.1. The van der Waals surface area contributed by atoms with E-state index in [1.807, 2.05) is 5.38 Å². The second-order valence-corrected chi connectivity index (χ2v) is 9.21. The lowest BCUT2D eigenvalue weighted by Crippen LogP contribution is -2.17. The van der Waals surface area contributed by atoms with E-state index < -0.39 is 9.84 Å². The Balaban J connectivity index is 1.58. The number of carbonyl (C=O) groups is 2. The third-order valence-corrected chi connectivity index (χ3v) is 6.66. The molecule has 2 aromatic rings. The molecule has 8 heteroatoms. The molecule has 1 saturated heterocycles. The van der Waals surface area contributed by atoms with Crippen LogP contribution in [-0.4, -0.2) is 31.7 Å². The van der Waals surface area contributed by atoms with Crippen molar-refractivity contribution in [2.45, 2.75) is 12.8 Å². The number of rotatable bonds is 5. The van der Waals surface area contributed by atoms with Crippen molar-refractivity contribution in [3.8, 4) is 0 Å². The topological polar surface area (TPSA) is 92.3 Å². The third kappa shape index (κ3) is 4.90. The lowest BCUT2D eigenvalue weighted by Gasteiger charge is -2.10. The van der Waals surface area contributed by atoms with Gasteiger partial charge < -0.3 is 10.6 Å². The number of hydrogen-bond acceptors (Lipinski definition) is 5. The highest BCUT2D eigenvalue weighted by atomic mass is 32.2. The van der Waals surface area contributed by atoms with Gasteiger partial charge >= 0.3 is 0 Å². The van der Waals surface area contributed by atoms with Crippen LogP contribution in [0.4, 0.5) is 11.4 Å². The Hall–Kier alpha value is -2.19. The Morgan fingerprint density at radius 2 is 1.88 bits per heavy atom. The van der Waals surface area contributed by atoms with Gasteiger partial charge in [0.05, 0.1) is 16.4 Å². The summed E-state index contributed by atoms with van der Waals surface area (Å²) >= 11 is 1.35. The van der Waals surface area contributed by atoms with Gasteiger partial charge in [0.15, 0.2) is 9.84 Å². The second-order valence-electron chi connectivity index (χ2n) is 6.03. The minimum atomic E-state index is -2.98. The van der Waals surface area contributed by atoms with Crippen molar-refractivity contribution in [3.05, 3.63) is 46.7 Å². The van der Waals surface area contributed by atoms with E-state index in [1.54, 1.807) is 36.4 Å². The average molecular weight is 378 g/mol. The molecule has 25 heavy (non-hydrogen) atoms. The molecule has 0 aliphatic carbocycles. The van der Waals surface area contributed by atoms with Crippen molar-refractivity contribution in [1.82, 2.24) is 0 Å². The predicted octanol–water partition coefficient (Wildman–Crippen LogP) is 2.76. The van der Waals surface area contributed by atoms with Gasteiger partial charge in [0.1, 0.15) is 0 Å². The van der Waals surface area contributed by atoms with Gasteiger partial charge in [-0.05, 0) is 42.0 Å². The van der Waals surface area contributed by atoms with Crippen LogP contribution in [0.25, 0.3) is 0 Å². The zero-order valence-corrected chi connectivity index (χ0v) is 15.0. The first-order valence-corrected chi connectivity index (χ1v) is 10.6. The first-order chi connectivity index (χ1) is 11.9. The maximum Gasteiger partial charge on any atom is 0.265 e. The molecule has 0 radical (unpaired) electrons. The number of anilines is 2. The number of amides is 2. The number of sulfone groups is 1. The normalized spacial score (nSPS) is 18.6. The van der Waals surface area contributed by atoms with Gasteiger partial charge in [0.25, 0.3) is 5.91 Å². The molecule has 6 nitrogen and oxygen atoms in total. The minimum Gasteiger partial charge on any atom is -0.326 e. The molecule has 1 aliphatic heterocycles. The molecule has 1 aliphatic rings. The quantitative estimate of drug-likeness (QED) is 0.837. The number of carbonyl (C=O) groups excluding carboxylic acids is 2. The van der Waals surface area contributed by atoms with E-state index in [1.165, 1.54) is 11.3 Å². The molecule has 132 valence electrons. The molecular weight excluding hydrogens is 360 g/mol. The summed E-state index contributed by atoms with van der Waals surface area (Å²) in [7, 11) is -2.98. The zero-order chi connectivity index (χ0) is 17.9. The van der Waals surface area contributed by atoms with Crippen LogP contribution >= 0.6 is 11.3 Å². The van der Waals surface area contributed by atoms with Crippen molar-refractivity contribution in [3.63, 3.8) is 0 Å². The Bertz CT molecular complexity index is 876. The van der Waals surface area contributed by atoms with Crippen LogP contribution in [0.3, 0.4) is 0 Å². The fourth-order valence-corrected chi connectivity index (χ4v) is 5.26. The summed E-state index contributed by atoms with van der Waals surface area (Å²) in [6, 6.07) is 10.4. The van der Waals surface area contributed by atoms with Crippen molar-refractivity contribution < 1.29 is 18.0 Å². The highest BCUT2D eigenvalue weighted by Gasteiger charge is 2.29. The van der Waals surface area contributed by atoms with E-state index in [-0.39, 0.29) is 35.7 Å². The van der Waals surface area contributed by atoms with Crippen molar-refractivity contribution >= 4 is 44.4 Å². The Morgan fingerprint density at radius 3 is 2.52 bits per heavy atom. The van der Waals surface area contributed by atoms with Crippen LogP contribution in [-0.2, 0) is 14.6 Å². The summed E-state index contributed by atoms with van der Waals surface area (Å²) in [5.41, 5.74) is 1.15. The smallest absolute Gasteiger partial charge is 0.265 e. The summed E-state index contributed by atoms with van der Waals surface area (Å²) in [5.74, 6) is -0.294. The standard InChI is InChI=1S/C17H18N2O4S2/c20-16(9-12-6-8-25(22,23)11-12)18-13-3-1-4-14(10-13)19-17(21)15-5-2-7-24-15/h1-5,7,10,12H,6,8-9,11H2,(H,18,20)(H,19,21). The Labute approximate surface area is 150 Å². The van der Waals surface area contributed by atoms with Crippen LogP contribution in [0.1, 0.15) is 22.5 Å². The first-order valence-electron chi connectivity index (χ1n) is 7.86. The minimum absolute atomic E-state index is 0.0807. The van der Waals surface area contributed by atoms with Crippen molar-refractivity contribution in [2.24, 2.45) is 5.92 Å². The van der Waals surface area contributed by atoms with E-state index in [4.69, 9.17) is 0 Å². The summed E-state index contributed by atoms with van der Waals surface area (Å²) in [6.45, 7) is 0. The number of benzene rings is 1. The molecule has 0 bridgehead atoms. The molecule has 1 unspecified atom stereocenters. The van der Waals surface area contributed by atoms with Gasteiger partial charge in [0.2, 0.25) is 5.91 Å². The Morgan fingerprint density at radius 1 is 1.12 bits per heavy atom. The molecule has 0 saturated carbocycles. The van der Waals surface area contributed by atoms with Crippen LogP contribution in [0, 0.1) is 5.92 Å². The molecule has 1 aromatic heterocycles. The first kappa shape index (κ1) is 17.6. The van der Waals surface area contributed by atoms with Crippen LogP contribution in [0.15, 0.2) is 41.8 Å². The molecular formula is C17H18N2O4S2. The highest BCUT2D eigenvalue weighted by molar-refractivity contribution is 7.91. The summed E-state index contributed by atoms with van der Waals surface area (Å²) in [6.07, 6.45) is 0.720. The molecule has 0 spiro atoms. The van der Waals surface area contributed by atoms with Gasteiger partial charge in [-0.3, -0.25) is 9.59 Å². The van der Waals surface area contributed by atoms with Gasteiger partial charge in [0, 0.05) is 17.8 Å².